The normalized spacial score (nSPS) is 25.3. The fourth-order valence-corrected chi connectivity index (χ4v) is 11.6. The van der Waals surface area contributed by atoms with Crippen LogP contribution in [0.3, 0.4) is 0 Å². The molecule has 2 aliphatic heterocycles. The van der Waals surface area contributed by atoms with Gasteiger partial charge in [-0.1, -0.05) is 142 Å². The van der Waals surface area contributed by atoms with Gasteiger partial charge in [-0.15, -0.1) is 0 Å². The van der Waals surface area contributed by atoms with E-state index in [4.69, 9.17) is 9.47 Å². The molecule has 1 aliphatic carbocycles. The monoisotopic (exact) mass is 855 g/mol. The lowest BCUT2D eigenvalue weighted by molar-refractivity contribution is -0.276. The SMILES string of the molecule is Cc1ccc(S(=O)(=O)N[C@H](Cc2ccccc2)C(=O)NCc2cccc(-c3ccc([C@@H]4O[C@H](CN5CC6(C)CC5CC(C)(C)C6)[C@H](C)[C@H](c5ccc(CO)cc5)O4)cc3)c2)cc1. The average Bonchev–Trinajstić information content (AvgIpc) is 3.50. The van der Waals surface area contributed by atoms with E-state index in [0.29, 0.717) is 16.9 Å². The second-order valence-electron chi connectivity index (χ2n) is 19.2. The minimum absolute atomic E-state index is 0.000809. The predicted molar refractivity (Wildman–Crippen MR) is 243 cm³/mol. The van der Waals surface area contributed by atoms with Gasteiger partial charge in [-0.25, -0.2) is 8.42 Å². The van der Waals surface area contributed by atoms with Crippen molar-refractivity contribution in [3.8, 4) is 11.1 Å². The summed E-state index contributed by atoms with van der Waals surface area (Å²) in [6, 6.07) is 40.0. The highest BCUT2D eigenvalue weighted by atomic mass is 32.2. The number of carbonyl (C=O) groups excluding carboxylic acids is 1. The van der Waals surface area contributed by atoms with Crippen molar-refractivity contribution in [2.45, 2.75) is 109 Å². The summed E-state index contributed by atoms with van der Waals surface area (Å²) in [6.07, 6.45) is 3.11. The van der Waals surface area contributed by atoms with Gasteiger partial charge in [0, 0.05) is 37.2 Å². The van der Waals surface area contributed by atoms with Gasteiger partial charge in [0.05, 0.1) is 23.7 Å². The number of aliphatic hydroxyl groups excluding tert-OH is 1. The van der Waals surface area contributed by atoms with Crippen LogP contribution in [0.2, 0.25) is 0 Å². The van der Waals surface area contributed by atoms with Gasteiger partial charge < -0.3 is 19.9 Å². The Kier molecular flexibility index (Phi) is 12.9. The number of hydrogen-bond acceptors (Lipinski definition) is 7. The number of likely N-dealkylation sites (tertiary alicyclic amines) is 1. The molecule has 3 N–H and O–H groups in total. The Bertz CT molecular complexity index is 2420. The number of nitrogens with zero attached hydrogens (tertiary/aromatic N) is 1. The Morgan fingerprint density at radius 1 is 0.806 bits per heavy atom. The van der Waals surface area contributed by atoms with Crippen LogP contribution >= 0.6 is 0 Å². The molecule has 3 aliphatic rings. The van der Waals surface area contributed by atoms with E-state index >= 15 is 0 Å². The molecule has 2 saturated heterocycles. The standard InChI is InChI=1S/C52H61N3O6S/c1-35-14-24-45(25-15-35)62(58,59)54-46(27-37-10-7-6-8-11-37)49(57)53-30-39-12-9-13-43(26-39)40-20-22-42(23-21-40)50-60-47(31-55-34-52(5)29-44(55)28-51(3,4)33-52)36(2)48(61-50)41-18-16-38(32-56)17-19-41/h6-26,36,44,46-48,50,54,56H,27-34H2,1-5H3,(H,53,57)/t36-,44?,46+,47+,48+,50+,52?/m0/s1. The van der Waals surface area contributed by atoms with Crippen molar-refractivity contribution in [2.75, 3.05) is 13.1 Å². The number of benzene rings is 5. The van der Waals surface area contributed by atoms with Gasteiger partial charge in [0.25, 0.3) is 0 Å². The number of sulfonamides is 1. The van der Waals surface area contributed by atoms with Gasteiger partial charge in [0.15, 0.2) is 6.29 Å². The Hall–Kier alpha value is -4.68. The molecule has 7 atom stereocenters. The molecule has 5 aromatic rings. The van der Waals surface area contributed by atoms with Crippen molar-refractivity contribution in [1.82, 2.24) is 14.9 Å². The molecule has 0 radical (unpaired) electrons. The van der Waals surface area contributed by atoms with Crippen molar-refractivity contribution in [1.29, 1.82) is 0 Å². The quantitative estimate of drug-likeness (QED) is 0.102. The molecule has 2 unspecified atom stereocenters. The number of nitrogens with one attached hydrogen (secondary N) is 2. The maximum Gasteiger partial charge on any atom is 0.241 e. The summed E-state index contributed by atoms with van der Waals surface area (Å²) in [5.74, 6) is -0.301. The number of rotatable bonds is 14. The molecule has 326 valence electrons. The number of amides is 1. The van der Waals surface area contributed by atoms with Crippen LogP contribution in [0.5, 0.6) is 0 Å². The first-order chi connectivity index (χ1) is 29.7. The number of aryl methyl sites for hydroxylation is 1. The zero-order valence-corrected chi connectivity index (χ0v) is 37.4. The average molecular weight is 856 g/mol. The first-order valence-corrected chi connectivity index (χ1v) is 23.5. The molecule has 2 heterocycles. The van der Waals surface area contributed by atoms with Gasteiger partial charge in [0.2, 0.25) is 15.9 Å². The third-order valence-electron chi connectivity index (χ3n) is 13.2. The van der Waals surface area contributed by atoms with E-state index in [1.165, 1.54) is 19.3 Å². The van der Waals surface area contributed by atoms with Crippen LogP contribution in [0.4, 0.5) is 0 Å². The first kappa shape index (κ1) is 43.9. The van der Waals surface area contributed by atoms with Crippen LogP contribution in [0.1, 0.15) is 92.7 Å². The minimum Gasteiger partial charge on any atom is -0.392 e. The summed E-state index contributed by atoms with van der Waals surface area (Å²) >= 11 is 0. The van der Waals surface area contributed by atoms with Crippen molar-refractivity contribution in [2.24, 2.45) is 16.7 Å². The van der Waals surface area contributed by atoms with Crippen LogP contribution in [0.25, 0.3) is 11.1 Å². The Balaban J connectivity index is 0.969. The summed E-state index contributed by atoms with van der Waals surface area (Å²) in [6.45, 7) is 13.6. The smallest absolute Gasteiger partial charge is 0.241 e. The summed E-state index contributed by atoms with van der Waals surface area (Å²) in [5, 5.41) is 12.7. The van der Waals surface area contributed by atoms with E-state index in [-0.39, 0.29) is 42.6 Å². The molecule has 8 rings (SSSR count). The molecule has 9 nitrogen and oxygen atoms in total. The van der Waals surface area contributed by atoms with E-state index < -0.39 is 28.3 Å². The molecular weight excluding hydrogens is 795 g/mol. The molecule has 0 spiro atoms. The van der Waals surface area contributed by atoms with Crippen molar-refractivity contribution >= 4 is 15.9 Å². The second kappa shape index (κ2) is 18.2. The Labute approximate surface area is 367 Å². The van der Waals surface area contributed by atoms with Crippen LogP contribution in [0.15, 0.2) is 132 Å². The second-order valence-corrected chi connectivity index (χ2v) is 20.9. The lowest BCUT2D eigenvalue weighted by Crippen LogP contribution is -2.47. The molecule has 5 aromatic carbocycles. The van der Waals surface area contributed by atoms with Gasteiger partial charge in [-0.3, -0.25) is 9.69 Å². The lowest BCUT2D eigenvalue weighted by atomic mass is 9.65. The minimum atomic E-state index is -3.96. The van der Waals surface area contributed by atoms with Crippen molar-refractivity contribution in [3.63, 3.8) is 0 Å². The van der Waals surface area contributed by atoms with E-state index in [9.17, 15) is 18.3 Å². The lowest BCUT2D eigenvalue weighted by Gasteiger charge is -2.43. The predicted octanol–water partition coefficient (Wildman–Crippen LogP) is 9.05. The molecule has 10 heteroatoms. The molecule has 2 bridgehead atoms. The van der Waals surface area contributed by atoms with Gasteiger partial charge in [-0.2, -0.15) is 4.72 Å². The fourth-order valence-electron chi connectivity index (χ4n) is 10.4. The third-order valence-corrected chi connectivity index (χ3v) is 14.7. The molecule has 1 saturated carbocycles. The number of hydrogen-bond donors (Lipinski definition) is 3. The zero-order valence-electron chi connectivity index (χ0n) is 36.6. The van der Waals surface area contributed by atoms with Gasteiger partial charge >= 0.3 is 0 Å². The van der Waals surface area contributed by atoms with Crippen molar-refractivity contribution < 1.29 is 27.8 Å². The Morgan fingerprint density at radius 3 is 2.21 bits per heavy atom. The largest absolute Gasteiger partial charge is 0.392 e. The first-order valence-electron chi connectivity index (χ1n) is 22.0. The number of carbonyl (C=O) groups is 1. The van der Waals surface area contributed by atoms with Crippen LogP contribution in [-0.4, -0.2) is 55.6 Å². The molecule has 0 aromatic heterocycles. The van der Waals surface area contributed by atoms with E-state index in [1.807, 2.05) is 73.7 Å². The summed E-state index contributed by atoms with van der Waals surface area (Å²) in [5.41, 5.74) is 8.22. The van der Waals surface area contributed by atoms with Crippen LogP contribution in [-0.2, 0) is 43.9 Å². The highest BCUT2D eigenvalue weighted by Gasteiger charge is 2.51. The summed E-state index contributed by atoms with van der Waals surface area (Å²) in [4.78, 5) is 16.5. The van der Waals surface area contributed by atoms with E-state index in [0.717, 1.165) is 57.6 Å². The number of ether oxygens (including phenoxy) is 2. The van der Waals surface area contributed by atoms with Gasteiger partial charge in [-0.05, 0) is 95.0 Å². The van der Waals surface area contributed by atoms with Gasteiger partial charge in [0.1, 0.15) is 6.04 Å². The van der Waals surface area contributed by atoms with Crippen LogP contribution < -0.4 is 10.0 Å². The molecule has 3 fully saturated rings. The number of fused-ring (bicyclic) bond motifs is 2. The summed E-state index contributed by atoms with van der Waals surface area (Å²) in [7, 11) is -3.96. The zero-order chi connectivity index (χ0) is 43.6. The highest BCUT2D eigenvalue weighted by molar-refractivity contribution is 7.89. The summed E-state index contributed by atoms with van der Waals surface area (Å²) < 4.78 is 43.2. The van der Waals surface area contributed by atoms with E-state index in [1.54, 1.807) is 24.3 Å². The maximum absolute atomic E-state index is 13.7. The molecule has 62 heavy (non-hydrogen) atoms. The highest BCUT2D eigenvalue weighted by Crippen LogP contribution is 2.53. The maximum atomic E-state index is 13.7. The Morgan fingerprint density at radius 2 is 1.50 bits per heavy atom. The van der Waals surface area contributed by atoms with E-state index in [2.05, 4.69) is 79.0 Å². The molecule has 1 amide bonds. The topological polar surface area (TPSA) is 117 Å². The van der Waals surface area contributed by atoms with Crippen molar-refractivity contribution in [3.05, 3.63) is 161 Å². The van der Waals surface area contributed by atoms with Crippen LogP contribution in [0, 0.1) is 23.7 Å². The third kappa shape index (κ3) is 10.2. The molecular formula is C52H61N3O6S. The number of aliphatic hydroxyl groups is 1. The fraction of sp³-hybridized carbons (Fsp3) is 0.404.